The standard InChI is InChI=1S/C18H35N3O2.HI/c1-19-18(20-11-7-12-23-17-10-13-22-15-17)21-14-16-8-5-3-2-4-6-9-16;/h16-17H,2-15H2,1H3,(H2,19,20,21);1H. The lowest BCUT2D eigenvalue weighted by molar-refractivity contribution is 0.0420. The van der Waals surface area contributed by atoms with E-state index in [0.29, 0.717) is 6.10 Å². The molecule has 0 aromatic carbocycles. The largest absolute Gasteiger partial charge is 0.379 e. The van der Waals surface area contributed by atoms with E-state index in [9.17, 15) is 0 Å². The Morgan fingerprint density at radius 3 is 2.50 bits per heavy atom. The molecular formula is C18H36IN3O2. The Morgan fingerprint density at radius 2 is 1.83 bits per heavy atom. The van der Waals surface area contributed by atoms with Crippen LogP contribution in [0.25, 0.3) is 0 Å². The molecule has 1 atom stereocenters. The third-order valence-electron chi connectivity index (χ3n) is 4.86. The number of rotatable bonds is 7. The van der Waals surface area contributed by atoms with Crippen LogP contribution in [0.5, 0.6) is 0 Å². The first-order valence-corrected chi connectivity index (χ1v) is 9.52. The van der Waals surface area contributed by atoms with E-state index in [1.54, 1.807) is 0 Å². The fourth-order valence-corrected chi connectivity index (χ4v) is 3.38. The van der Waals surface area contributed by atoms with Gasteiger partial charge in [0.1, 0.15) is 0 Å². The highest BCUT2D eigenvalue weighted by Gasteiger charge is 2.15. The summed E-state index contributed by atoms with van der Waals surface area (Å²) in [4.78, 5) is 4.32. The van der Waals surface area contributed by atoms with Crippen molar-refractivity contribution in [3.8, 4) is 0 Å². The molecule has 1 unspecified atom stereocenters. The Kier molecular flexibility index (Phi) is 12.9. The van der Waals surface area contributed by atoms with Crippen LogP contribution in [-0.4, -0.2) is 52.0 Å². The second-order valence-corrected chi connectivity index (χ2v) is 6.80. The highest BCUT2D eigenvalue weighted by atomic mass is 127. The van der Waals surface area contributed by atoms with Crippen molar-refractivity contribution in [1.82, 2.24) is 10.6 Å². The molecule has 1 aliphatic heterocycles. The molecule has 1 heterocycles. The van der Waals surface area contributed by atoms with E-state index in [4.69, 9.17) is 9.47 Å². The van der Waals surface area contributed by atoms with E-state index in [1.807, 2.05) is 7.05 Å². The topological polar surface area (TPSA) is 54.9 Å². The van der Waals surface area contributed by atoms with Crippen molar-refractivity contribution < 1.29 is 9.47 Å². The Bertz CT molecular complexity index is 328. The van der Waals surface area contributed by atoms with Crippen LogP contribution in [0.4, 0.5) is 0 Å². The molecule has 0 aromatic heterocycles. The van der Waals surface area contributed by atoms with Gasteiger partial charge in [-0.3, -0.25) is 4.99 Å². The fourth-order valence-electron chi connectivity index (χ4n) is 3.38. The van der Waals surface area contributed by atoms with Gasteiger partial charge in [-0.2, -0.15) is 0 Å². The number of guanidine groups is 1. The Balaban J connectivity index is 0.00000288. The van der Waals surface area contributed by atoms with Crippen LogP contribution < -0.4 is 10.6 Å². The number of aliphatic imine (C=N–C) groups is 1. The van der Waals surface area contributed by atoms with Gasteiger partial charge < -0.3 is 20.1 Å². The minimum atomic E-state index is 0. The van der Waals surface area contributed by atoms with Crippen LogP contribution in [-0.2, 0) is 9.47 Å². The molecule has 0 bridgehead atoms. The Hall–Kier alpha value is -0.0800. The number of ether oxygens (including phenoxy) is 2. The van der Waals surface area contributed by atoms with Gasteiger partial charge in [0.15, 0.2) is 5.96 Å². The minimum Gasteiger partial charge on any atom is -0.379 e. The molecule has 1 saturated carbocycles. The van der Waals surface area contributed by atoms with Crippen molar-refractivity contribution >= 4 is 29.9 Å². The van der Waals surface area contributed by atoms with Gasteiger partial charge in [-0.15, -0.1) is 24.0 Å². The summed E-state index contributed by atoms with van der Waals surface area (Å²) in [6.07, 6.45) is 12.1. The van der Waals surface area contributed by atoms with E-state index < -0.39 is 0 Å². The highest BCUT2D eigenvalue weighted by molar-refractivity contribution is 14.0. The third kappa shape index (κ3) is 9.42. The first-order chi connectivity index (χ1) is 11.4. The van der Waals surface area contributed by atoms with Crippen LogP contribution in [0.2, 0.25) is 0 Å². The number of nitrogens with zero attached hydrogens (tertiary/aromatic N) is 1. The van der Waals surface area contributed by atoms with E-state index >= 15 is 0 Å². The molecule has 2 aliphatic rings. The van der Waals surface area contributed by atoms with Gasteiger partial charge >= 0.3 is 0 Å². The van der Waals surface area contributed by atoms with Crippen molar-refractivity contribution in [2.75, 3.05) is 40.0 Å². The summed E-state index contributed by atoms with van der Waals surface area (Å²) < 4.78 is 11.1. The molecule has 1 saturated heterocycles. The normalized spacial score (nSPS) is 23.2. The molecule has 0 spiro atoms. The van der Waals surface area contributed by atoms with Crippen molar-refractivity contribution in [2.24, 2.45) is 10.9 Å². The van der Waals surface area contributed by atoms with E-state index in [0.717, 1.165) is 57.6 Å². The first-order valence-electron chi connectivity index (χ1n) is 9.52. The lowest BCUT2D eigenvalue weighted by Crippen LogP contribution is -2.40. The molecule has 6 heteroatoms. The lowest BCUT2D eigenvalue weighted by atomic mass is 9.91. The summed E-state index contributed by atoms with van der Waals surface area (Å²) >= 11 is 0. The Labute approximate surface area is 164 Å². The molecule has 2 fully saturated rings. The highest BCUT2D eigenvalue weighted by Crippen LogP contribution is 2.21. The predicted molar refractivity (Wildman–Crippen MR) is 110 cm³/mol. The molecule has 0 amide bonds. The maximum absolute atomic E-state index is 5.77. The average molecular weight is 453 g/mol. The molecule has 142 valence electrons. The Morgan fingerprint density at radius 1 is 1.08 bits per heavy atom. The van der Waals surface area contributed by atoms with Crippen LogP contribution in [0.15, 0.2) is 4.99 Å². The quantitative estimate of drug-likeness (QED) is 0.269. The second-order valence-electron chi connectivity index (χ2n) is 6.80. The molecule has 0 aromatic rings. The second kappa shape index (κ2) is 14.1. The van der Waals surface area contributed by atoms with E-state index in [2.05, 4.69) is 15.6 Å². The zero-order valence-corrected chi connectivity index (χ0v) is 17.6. The van der Waals surface area contributed by atoms with Gasteiger partial charge in [0.05, 0.1) is 12.7 Å². The van der Waals surface area contributed by atoms with Crippen LogP contribution in [0.1, 0.15) is 57.8 Å². The maximum atomic E-state index is 5.77. The summed E-state index contributed by atoms with van der Waals surface area (Å²) in [5.41, 5.74) is 0. The summed E-state index contributed by atoms with van der Waals surface area (Å²) in [5, 5.41) is 6.89. The van der Waals surface area contributed by atoms with Crippen molar-refractivity contribution in [2.45, 2.75) is 63.9 Å². The monoisotopic (exact) mass is 453 g/mol. The van der Waals surface area contributed by atoms with Crippen molar-refractivity contribution in [3.63, 3.8) is 0 Å². The van der Waals surface area contributed by atoms with Crippen molar-refractivity contribution in [3.05, 3.63) is 0 Å². The van der Waals surface area contributed by atoms with E-state index in [-0.39, 0.29) is 24.0 Å². The van der Waals surface area contributed by atoms with Gasteiger partial charge in [0.2, 0.25) is 0 Å². The number of hydrogen-bond donors (Lipinski definition) is 2. The van der Waals surface area contributed by atoms with Crippen LogP contribution >= 0.6 is 24.0 Å². The molecule has 2 rings (SSSR count). The predicted octanol–water partition coefficient (Wildman–Crippen LogP) is 3.33. The SMILES string of the molecule is CN=C(NCCCOC1CCOC1)NCC1CCCCCCC1.I. The first kappa shape index (κ1) is 22.0. The summed E-state index contributed by atoms with van der Waals surface area (Å²) in [6.45, 7) is 4.35. The van der Waals surface area contributed by atoms with Gasteiger partial charge in [0, 0.05) is 33.4 Å². The van der Waals surface area contributed by atoms with Gasteiger partial charge in [-0.05, 0) is 31.6 Å². The van der Waals surface area contributed by atoms with Gasteiger partial charge in [-0.1, -0.05) is 32.1 Å². The van der Waals surface area contributed by atoms with Gasteiger partial charge in [0.25, 0.3) is 0 Å². The molecular weight excluding hydrogens is 417 g/mol. The van der Waals surface area contributed by atoms with Gasteiger partial charge in [-0.25, -0.2) is 0 Å². The zero-order valence-electron chi connectivity index (χ0n) is 15.2. The molecule has 1 aliphatic carbocycles. The van der Waals surface area contributed by atoms with Crippen LogP contribution in [0.3, 0.4) is 0 Å². The fraction of sp³-hybridized carbons (Fsp3) is 0.944. The average Bonchev–Trinajstić information content (AvgIpc) is 3.04. The lowest BCUT2D eigenvalue weighted by Gasteiger charge is -2.21. The molecule has 2 N–H and O–H groups in total. The third-order valence-corrected chi connectivity index (χ3v) is 4.86. The summed E-state index contributed by atoms with van der Waals surface area (Å²) in [7, 11) is 1.85. The van der Waals surface area contributed by atoms with Crippen LogP contribution in [0, 0.1) is 5.92 Å². The number of nitrogens with one attached hydrogen (secondary N) is 2. The van der Waals surface area contributed by atoms with Crippen molar-refractivity contribution in [1.29, 1.82) is 0 Å². The molecule has 24 heavy (non-hydrogen) atoms. The minimum absolute atomic E-state index is 0. The maximum Gasteiger partial charge on any atom is 0.190 e. The smallest absolute Gasteiger partial charge is 0.190 e. The number of hydrogen-bond acceptors (Lipinski definition) is 3. The summed E-state index contributed by atoms with van der Waals surface area (Å²) in [6, 6.07) is 0. The zero-order chi connectivity index (χ0) is 16.2. The molecule has 5 nitrogen and oxygen atoms in total. The molecule has 0 radical (unpaired) electrons. The number of halogens is 1. The van der Waals surface area contributed by atoms with E-state index in [1.165, 1.54) is 44.9 Å². The summed E-state index contributed by atoms with van der Waals surface area (Å²) in [5.74, 6) is 1.73.